The molecule has 12 heavy (non-hydrogen) atoms. The zero-order valence-electron chi connectivity index (χ0n) is 7.49. The van der Waals surface area contributed by atoms with Gasteiger partial charge in [0.1, 0.15) is 0 Å². The first kappa shape index (κ1) is 10.7. The molecular weight excluding hydrogens is 150 g/mol. The van der Waals surface area contributed by atoms with Gasteiger partial charge in [-0.2, -0.15) is 0 Å². The Labute approximate surface area is 73.9 Å². The van der Waals surface area contributed by atoms with Gasteiger partial charge >= 0.3 is 0 Å². The van der Waals surface area contributed by atoms with Gasteiger partial charge in [-0.3, -0.25) is 4.79 Å². The zero-order valence-corrected chi connectivity index (χ0v) is 7.49. The number of hydrogen-bond acceptors (Lipinski definition) is 1. The Hall–Kier alpha value is -1.31. The second-order valence-corrected chi connectivity index (χ2v) is 2.32. The molecule has 0 saturated carbocycles. The molecule has 2 nitrogen and oxygen atoms in total. The monoisotopic (exact) mass is 165 g/mol. The van der Waals surface area contributed by atoms with Crippen LogP contribution in [0.5, 0.6) is 0 Å². The molecule has 1 amide bonds. The lowest BCUT2D eigenvalue weighted by Gasteiger charge is -2.16. The molecule has 0 fully saturated rings. The molecule has 0 radical (unpaired) electrons. The van der Waals surface area contributed by atoms with E-state index in [-0.39, 0.29) is 5.91 Å². The highest BCUT2D eigenvalue weighted by molar-refractivity contribution is 5.87. The minimum Gasteiger partial charge on any atom is -0.332 e. The van der Waals surface area contributed by atoms with Gasteiger partial charge in [0.2, 0.25) is 5.91 Å². The van der Waals surface area contributed by atoms with Gasteiger partial charge in [-0.05, 0) is 13.0 Å². The fourth-order valence-electron chi connectivity index (χ4n) is 0.814. The standard InChI is InChI=1S/C10H15NO/c1-4-7-10(12)11(8-5-2)9-6-3/h4-7H,2-3,8-9H2,1H3. The fraction of sp³-hybridized carbons (Fsp3) is 0.300. The third-order valence-corrected chi connectivity index (χ3v) is 1.32. The van der Waals surface area contributed by atoms with E-state index in [1.807, 2.05) is 6.92 Å². The maximum Gasteiger partial charge on any atom is 0.246 e. The first-order chi connectivity index (χ1) is 5.76. The zero-order chi connectivity index (χ0) is 9.40. The van der Waals surface area contributed by atoms with Gasteiger partial charge in [-0.25, -0.2) is 0 Å². The van der Waals surface area contributed by atoms with Gasteiger partial charge < -0.3 is 4.90 Å². The van der Waals surface area contributed by atoms with Gasteiger partial charge in [0.25, 0.3) is 0 Å². The molecule has 66 valence electrons. The minimum absolute atomic E-state index is 0.00250. The van der Waals surface area contributed by atoms with Crippen LogP contribution in [-0.2, 0) is 4.79 Å². The molecule has 2 heteroatoms. The quantitative estimate of drug-likeness (QED) is 0.449. The number of carbonyl (C=O) groups excluding carboxylic acids is 1. The van der Waals surface area contributed by atoms with Crippen molar-refractivity contribution in [1.82, 2.24) is 4.90 Å². The Balaban J connectivity index is 4.16. The van der Waals surface area contributed by atoms with Crippen LogP contribution in [0, 0.1) is 0 Å². The van der Waals surface area contributed by atoms with Gasteiger partial charge in [-0.1, -0.05) is 18.2 Å². The molecule has 0 aliphatic heterocycles. The summed E-state index contributed by atoms with van der Waals surface area (Å²) in [6, 6.07) is 0. The predicted octanol–water partition coefficient (Wildman–Crippen LogP) is 1.76. The first-order valence-corrected chi connectivity index (χ1v) is 3.89. The van der Waals surface area contributed by atoms with E-state index in [0.717, 1.165) is 0 Å². The van der Waals surface area contributed by atoms with E-state index in [1.54, 1.807) is 23.1 Å². The molecule has 0 aromatic heterocycles. The summed E-state index contributed by atoms with van der Waals surface area (Å²) in [4.78, 5) is 12.9. The van der Waals surface area contributed by atoms with Crippen molar-refractivity contribution in [3.05, 3.63) is 37.5 Å². The van der Waals surface area contributed by atoms with Gasteiger partial charge in [0, 0.05) is 13.1 Å². The summed E-state index contributed by atoms with van der Waals surface area (Å²) in [6.45, 7) is 10.1. The van der Waals surface area contributed by atoms with Crippen molar-refractivity contribution in [2.24, 2.45) is 0 Å². The number of amides is 1. The Morgan fingerprint density at radius 1 is 1.33 bits per heavy atom. The molecule has 0 bridgehead atoms. The van der Waals surface area contributed by atoms with E-state index in [1.165, 1.54) is 6.08 Å². The van der Waals surface area contributed by atoms with Gasteiger partial charge in [0.05, 0.1) is 0 Å². The van der Waals surface area contributed by atoms with Crippen molar-refractivity contribution < 1.29 is 4.79 Å². The molecule has 0 aliphatic carbocycles. The molecule has 0 atom stereocenters. The molecule has 0 aliphatic rings. The van der Waals surface area contributed by atoms with Gasteiger partial charge in [-0.15, -0.1) is 13.2 Å². The SMILES string of the molecule is C=CCN(CC=C)C(=O)C=CC. The average Bonchev–Trinajstić information content (AvgIpc) is 2.04. The number of carbonyl (C=O) groups is 1. The highest BCUT2D eigenvalue weighted by atomic mass is 16.2. The summed E-state index contributed by atoms with van der Waals surface area (Å²) in [5, 5.41) is 0. The van der Waals surface area contributed by atoms with E-state index in [0.29, 0.717) is 13.1 Å². The highest BCUT2D eigenvalue weighted by Crippen LogP contribution is 1.92. The van der Waals surface area contributed by atoms with Crippen molar-refractivity contribution in [2.75, 3.05) is 13.1 Å². The molecular formula is C10H15NO. The smallest absolute Gasteiger partial charge is 0.246 e. The molecule has 0 N–H and O–H groups in total. The van der Waals surface area contributed by atoms with Crippen LogP contribution in [0.4, 0.5) is 0 Å². The van der Waals surface area contributed by atoms with Crippen LogP contribution in [0.1, 0.15) is 6.92 Å². The third kappa shape index (κ3) is 3.76. The largest absolute Gasteiger partial charge is 0.332 e. The van der Waals surface area contributed by atoms with Crippen molar-refractivity contribution in [3.8, 4) is 0 Å². The maximum absolute atomic E-state index is 11.3. The predicted molar refractivity (Wildman–Crippen MR) is 51.8 cm³/mol. The van der Waals surface area contributed by atoms with E-state index in [4.69, 9.17) is 0 Å². The van der Waals surface area contributed by atoms with Crippen molar-refractivity contribution in [3.63, 3.8) is 0 Å². The van der Waals surface area contributed by atoms with E-state index in [2.05, 4.69) is 13.2 Å². The molecule has 0 spiro atoms. The van der Waals surface area contributed by atoms with Crippen molar-refractivity contribution in [2.45, 2.75) is 6.92 Å². The second kappa shape index (κ2) is 6.40. The van der Waals surface area contributed by atoms with Crippen molar-refractivity contribution >= 4 is 5.91 Å². The lowest BCUT2D eigenvalue weighted by molar-refractivity contribution is -0.125. The number of nitrogens with zero attached hydrogens (tertiary/aromatic N) is 1. The maximum atomic E-state index is 11.3. The van der Waals surface area contributed by atoms with Crippen LogP contribution in [0.25, 0.3) is 0 Å². The Bertz CT molecular complexity index is 184. The van der Waals surface area contributed by atoms with E-state index in [9.17, 15) is 4.79 Å². The van der Waals surface area contributed by atoms with Crippen LogP contribution in [-0.4, -0.2) is 23.9 Å². The Morgan fingerprint density at radius 2 is 1.83 bits per heavy atom. The number of allylic oxidation sites excluding steroid dienone is 1. The molecule has 0 unspecified atom stereocenters. The number of rotatable bonds is 5. The molecule has 0 saturated heterocycles. The number of hydrogen-bond donors (Lipinski definition) is 0. The first-order valence-electron chi connectivity index (χ1n) is 3.89. The van der Waals surface area contributed by atoms with Crippen molar-refractivity contribution in [1.29, 1.82) is 0 Å². The summed E-state index contributed by atoms with van der Waals surface area (Å²) in [7, 11) is 0. The Kier molecular flexibility index (Phi) is 5.70. The minimum atomic E-state index is -0.00250. The molecule has 0 aromatic carbocycles. The summed E-state index contributed by atoms with van der Waals surface area (Å²) < 4.78 is 0. The van der Waals surface area contributed by atoms with Crippen LogP contribution in [0.3, 0.4) is 0 Å². The lowest BCUT2D eigenvalue weighted by atomic mass is 10.4. The summed E-state index contributed by atoms with van der Waals surface area (Å²) >= 11 is 0. The van der Waals surface area contributed by atoms with Gasteiger partial charge in [0.15, 0.2) is 0 Å². The van der Waals surface area contributed by atoms with Crippen LogP contribution >= 0.6 is 0 Å². The molecule has 0 rings (SSSR count). The summed E-state index contributed by atoms with van der Waals surface area (Å²) in [5.74, 6) is -0.00250. The normalized spacial score (nSPS) is 9.75. The second-order valence-electron chi connectivity index (χ2n) is 2.32. The van der Waals surface area contributed by atoms with Crippen LogP contribution < -0.4 is 0 Å². The fourth-order valence-corrected chi connectivity index (χ4v) is 0.814. The van der Waals surface area contributed by atoms with Crippen LogP contribution in [0.2, 0.25) is 0 Å². The topological polar surface area (TPSA) is 20.3 Å². The highest BCUT2D eigenvalue weighted by Gasteiger charge is 2.04. The Morgan fingerprint density at radius 3 is 2.17 bits per heavy atom. The summed E-state index contributed by atoms with van der Waals surface area (Å²) in [6.07, 6.45) is 6.66. The summed E-state index contributed by atoms with van der Waals surface area (Å²) in [5.41, 5.74) is 0. The van der Waals surface area contributed by atoms with Crippen LogP contribution in [0.15, 0.2) is 37.5 Å². The van der Waals surface area contributed by atoms with E-state index >= 15 is 0 Å². The lowest BCUT2D eigenvalue weighted by Crippen LogP contribution is -2.29. The molecule has 0 aromatic rings. The van der Waals surface area contributed by atoms with E-state index < -0.39 is 0 Å². The molecule has 0 heterocycles. The average molecular weight is 165 g/mol. The third-order valence-electron chi connectivity index (χ3n) is 1.32.